The molecule has 0 aliphatic carbocycles. The zero-order valence-corrected chi connectivity index (χ0v) is 11.4. The van der Waals surface area contributed by atoms with E-state index in [1.54, 1.807) is 25.1 Å². The molecule has 0 radical (unpaired) electrons. The highest BCUT2D eigenvalue weighted by Crippen LogP contribution is 2.28. The summed E-state index contributed by atoms with van der Waals surface area (Å²) >= 11 is 11.7. The molecule has 1 heterocycles. The van der Waals surface area contributed by atoms with E-state index >= 15 is 0 Å². The summed E-state index contributed by atoms with van der Waals surface area (Å²) in [5.41, 5.74) is 0. The zero-order valence-electron chi connectivity index (χ0n) is 9.89. The third-order valence-electron chi connectivity index (χ3n) is 2.26. The minimum atomic E-state index is -0.740. The fraction of sp³-hybridized carbons (Fsp3) is 0.167. The van der Waals surface area contributed by atoms with Gasteiger partial charge in [0.2, 0.25) is 0 Å². The molecule has 0 fully saturated rings. The molecule has 0 unspecified atom stereocenters. The number of nitrogens with one attached hydrogen (secondary N) is 1. The summed E-state index contributed by atoms with van der Waals surface area (Å²) in [5, 5.41) is 6.94. The summed E-state index contributed by atoms with van der Waals surface area (Å²) in [5.74, 6) is 0.344. The largest absolute Gasteiger partial charge is 0.479 e. The molecule has 1 aromatic heterocycles. The van der Waals surface area contributed by atoms with Crippen LogP contribution in [0.2, 0.25) is 10.0 Å². The summed E-state index contributed by atoms with van der Waals surface area (Å²) in [6.07, 6.45) is 0.618. The van der Waals surface area contributed by atoms with Crippen molar-refractivity contribution in [1.82, 2.24) is 5.16 Å². The average Bonchev–Trinajstić information content (AvgIpc) is 2.85. The van der Waals surface area contributed by atoms with Crippen molar-refractivity contribution in [3.63, 3.8) is 0 Å². The molecule has 1 amide bonds. The number of carbonyl (C=O) groups excluding carboxylic acids is 1. The van der Waals surface area contributed by atoms with Crippen molar-refractivity contribution in [2.75, 3.05) is 5.32 Å². The maximum atomic E-state index is 11.8. The molecule has 5 nitrogen and oxygen atoms in total. The predicted octanol–water partition coefficient (Wildman–Crippen LogP) is 3.39. The fourth-order valence-corrected chi connectivity index (χ4v) is 1.77. The Morgan fingerprint density at radius 3 is 2.84 bits per heavy atom. The van der Waals surface area contributed by atoms with Gasteiger partial charge in [0, 0.05) is 11.1 Å². The molecular weight excluding hydrogens is 291 g/mol. The van der Waals surface area contributed by atoms with Crippen LogP contribution in [0.25, 0.3) is 0 Å². The average molecular weight is 301 g/mol. The van der Waals surface area contributed by atoms with Gasteiger partial charge in [-0.25, -0.2) is 0 Å². The molecule has 7 heteroatoms. The number of ether oxygens (including phenoxy) is 1. The second kappa shape index (κ2) is 5.95. The Bertz CT molecular complexity index is 572. The second-order valence-electron chi connectivity index (χ2n) is 3.71. The number of benzene rings is 1. The first-order chi connectivity index (χ1) is 9.06. The molecule has 0 bridgehead atoms. The third kappa shape index (κ3) is 3.62. The highest BCUT2D eigenvalue weighted by molar-refractivity contribution is 6.35. The monoisotopic (exact) mass is 300 g/mol. The molecule has 1 aromatic carbocycles. The number of hydrogen-bond acceptors (Lipinski definition) is 4. The molecule has 100 valence electrons. The first-order valence-electron chi connectivity index (χ1n) is 5.39. The van der Waals surface area contributed by atoms with Crippen LogP contribution in [-0.2, 0) is 4.79 Å². The minimum absolute atomic E-state index is 0.322. The van der Waals surface area contributed by atoms with Gasteiger partial charge in [0.25, 0.3) is 5.91 Å². The molecular formula is C12H10Cl2N2O3. The van der Waals surface area contributed by atoms with Gasteiger partial charge in [0.05, 0.1) is 5.02 Å². The lowest BCUT2D eigenvalue weighted by Crippen LogP contribution is -2.30. The van der Waals surface area contributed by atoms with Gasteiger partial charge < -0.3 is 14.6 Å². The quantitative estimate of drug-likeness (QED) is 0.940. The maximum absolute atomic E-state index is 11.8. The van der Waals surface area contributed by atoms with E-state index in [9.17, 15) is 4.79 Å². The lowest BCUT2D eigenvalue weighted by atomic mass is 10.3. The van der Waals surface area contributed by atoms with E-state index in [-0.39, 0.29) is 5.91 Å². The summed E-state index contributed by atoms with van der Waals surface area (Å²) < 4.78 is 10.1. The molecule has 0 aliphatic heterocycles. The maximum Gasteiger partial charge on any atom is 0.266 e. The highest BCUT2D eigenvalue weighted by atomic mass is 35.5. The van der Waals surface area contributed by atoms with Crippen LogP contribution in [0.3, 0.4) is 0 Å². The van der Waals surface area contributed by atoms with Gasteiger partial charge in [-0.3, -0.25) is 4.79 Å². The second-order valence-corrected chi connectivity index (χ2v) is 4.55. The van der Waals surface area contributed by atoms with Crippen molar-refractivity contribution < 1.29 is 14.1 Å². The Labute approximate surface area is 119 Å². The van der Waals surface area contributed by atoms with E-state index < -0.39 is 6.10 Å². The number of carbonyl (C=O) groups is 1. The molecule has 0 saturated carbocycles. The summed E-state index contributed by atoms with van der Waals surface area (Å²) in [6.45, 7) is 1.60. The first-order valence-corrected chi connectivity index (χ1v) is 6.15. The Kier molecular flexibility index (Phi) is 4.29. The van der Waals surface area contributed by atoms with Crippen molar-refractivity contribution in [1.29, 1.82) is 0 Å². The van der Waals surface area contributed by atoms with Crippen LogP contribution in [0, 0.1) is 0 Å². The number of nitrogens with zero attached hydrogens (tertiary/aromatic N) is 1. The lowest BCUT2D eigenvalue weighted by molar-refractivity contribution is -0.122. The molecule has 2 rings (SSSR count). The van der Waals surface area contributed by atoms with E-state index in [1.807, 2.05) is 0 Å². The molecule has 1 N–H and O–H groups in total. The SMILES string of the molecule is C[C@H](Oc1ccc(Cl)cc1Cl)C(=O)Nc1ccon1. The number of rotatable bonds is 4. The van der Waals surface area contributed by atoms with Gasteiger partial charge in [0.15, 0.2) is 11.9 Å². The number of aromatic nitrogens is 1. The van der Waals surface area contributed by atoms with E-state index in [2.05, 4.69) is 15.0 Å². The van der Waals surface area contributed by atoms with Crippen LogP contribution in [-0.4, -0.2) is 17.2 Å². The first kappa shape index (κ1) is 13.7. The standard InChI is InChI=1S/C12H10Cl2N2O3/c1-7(12(17)15-11-4-5-18-16-11)19-10-3-2-8(13)6-9(10)14/h2-7H,1H3,(H,15,16,17)/t7-/m0/s1. The topological polar surface area (TPSA) is 64.4 Å². The van der Waals surface area contributed by atoms with Gasteiger partial charge in [0.1, 0.15) is 12.0 Å². The number of hydrogen-bond donors (Lipinski definition) is 1. The molecule has 0 saturated heterocycles. The van der Waals surface area contributed by atoms with Crippen LogP contribution < -0.4 is 10.1 Å². The molecule has 1 atom stereocenters. The van der Waals surface area contributed by atoms with E-state index in [0.717, 1.165) is 0 Å². The smallest absolute Gasteiger partial charge is 0.266 e. The Morgan fingerprint density at radius 2 is 2.21 bits per heavy atom. The van der Waals surface area contributed by atoms with E-state index in [0.29, 0.717) is 21.6 Å². The Hall–Kier alpha value is -1.72. The van der Waals surface area contributed by atoms with Gasteiger partial charge in [-0.2, -0.15) is 0 Å². The molecule has 0 spiro atoms. The normalized spacial score (nSPS) is 11.9. The lowest BCUT2D eigenvalue weighted by Gasteiger charge is -2.14. The van der Waals surface area contributed by atoms with Crippen LogP contribution in [0.1, 0.15) is 6.92 Å². The van der Waals surface area contributed by atoms with Gasteiger partial charge >= 0.3 is 0 Å². The van der Waals surface area contributed by atoms with Crippen molar-refractivity contribution in [2.24, 2.45) is 0 Å². The fourth-order valence-electron chi connectivity index (χ4n) is 1.32. The third-order valence-corrected chi connectivity index (χ3v) is 2.79. The van der Waals surface area contributed by atoms with E-state index in [1.165, 1.54) is 12.3 Å². The van der Waals surface area contributed by atoms with Gasteiger partial charge in [-0.05, 0) is 25.1 Å². The van der Waals surface area contributed by atoms with Crippen LogP contribution in [0.4, 0.5) is 5.82 Å². The minimum Gasteiger partial charge on any atom is -0.479 e. The molecule has 2 aromatic rings. The molecule has 19 heavy (non-hydrogen) atoms. The summed E-state index contributed by atoms with van der Waals surface area (Å²) in [7, 11) is 0. The van der Waals surface area contributed by atoms with Crippen LogP contribution >= 0.6 is 23.2 Å². The number of halogens is 2. The van der Waals surface area contributed by atoms with Crippen molar-refractivity contribution in [2.45, 2.75) is 13.0 Å². The van der Waals surface area contributed by atoms with Crippen LogP contribution in [0.5, 0.6) is 5.75 Å². The number of amides is 1. The highest BCUT2D eigenvalue weighted by Gasteiger charge is 2.17. The van der Waals surface area contributed by atoms with Crippen molar-refractivity contribution in [3.05, 3.63) is 40.6 Å². The Morgan fingerprint density at radius 1 is 1.42 bits per heavy atom. The van der Waals surface area contributed by atoms with Crippen molar-refractivity contribution in [3.8, 4) is 5.75 Å². The predicted molar refractivity (Wildman–Crippen MR) is 71.7 cm³/mol. The summed E-state index contributed by atoms with van der Waals surface area (Å²) in [6, 6.07) is 6.30. The zero-order chi connectivity index (χ0) is 13.8. The number of anilines is 1. The molecule has 0 aliphatic rings. The van der Waals surface area contributed by atoms with Gasteiger partial charge in [-0.1, -0.05) is 28.4 Å². The van der Waals surface area contributed by atoms with Gasteiger partial charge in [-0.15, -0.1) is 0 Å². The Balaban J connectivity index is 2.00. The van der Waals surface area contributed by atoms with E-state index in [4.69, 9.17) is 27.9 Å². The summed E-state index contributed by atoms with van der Waals surface area (Å²) in [4.78, 5) is 11.8. The van der Waals surface area contributed by atoms with Crippen LogP contribution in [0.15, 0.2) is 35.1 Å². The van der Waals surface area contributed by atoms with Crippen molar-refractivity contribution >= 4 is 34.9 Å².